The van der Waals surface area contributed by atoms with Gasteiger partial charge in [-0.3, -0.25) is 0 Å². The van der Waals surface area contributed by atoms with Gasteiger partial charge in [0.1, 0.15) is 0 Å². The first-order valence-corrected chi connectivity index (χ1v) is 7.83. The maximum atomic E-state index is 6.10. The van der Waals surface area contributed by atoms with Crippen LogP contribution in [-0.2, 0) is 6.54 Å². The third-order valence-electron chi connectivity index (χ3n) is 5.08. The van der Waals surface area contributed by atoms with E-state index in [2.05, 4.69) is 0 Å². The summed E-state index contributed by atoms with van der Waals surface area (Å²) in [6.07, 6.45) is 5.50. The second-order valence-electron chi connectivity index (χ2n) is 6.28. The Hall–Kier alpha value is -1.42. The standard InChI is InChI=1S/C17H25NO3/c1-19-15-7-12(9-18)8-16(20-2)17(15)21-10-14-6-11-3-4-13(14)5-11/h7-8,11,13-14H,3-6,9-10,18H2,1-2H3. The molecule has 4 nitrogen and oxygen atoms in total. The SMILES string of the molecule is COc1cc(CN)cc(OC)c1OCC1CC2CCC1C2. The average Bonchev–Trinajstić information content (AvgIpc) is 3.14. The molecule has 2 saturated carbocycles. The van der Waals surface area contributed by atoms with E-state index in [1.165, 1.54) is 25.7 Å². The maximum Gasteiger partial charge on any atom is 0.203 e. The van der Waals surface area contributed by atoms with Gasteiger partial charge < -0.3 is 19.9 Å². The van der Waals surface area contributed by atoms with Gasteiger partial charge in [-0.05, 0) is 54.7 Å². The van der Waals surface area contributed by atoms with E-state index in [4.69, 9.17) is 19.9 Å². The number of fused-ring (bicyclic) bond motifs is 2. The van der Waals surface area contributed by atoms with Gasteiger partial charge in [-0.2, -0.15) is 0 Å². The summed E-state index contributed by atoms with van der Waals surface area (Å²) in [7, 11) is 3.30. The van der Waals surface area contributed by atoms with Crippen molar-refractivity contribution in [1.29, 1.82) is 0 Å². The maximum absolute atomic E-state index is 6.10. The zero-order valence-corrected chi connectivity index (χ0v) is 12.9. The van der Waals surface area contributed by atoms with Crippen LogP contribution in [0, 0.1) is 17.8 Å². The minimum absolute atomic E-state index is 0.458. The second kappa shape index (κ2) is 6.14. The summed E-state index contributed by atoms with van der Waals surface area (Å²) in [5, 5.41) is 0. The second-order valence-corrected chi connectivity index (χ2v) is 6.28. The molecule has 0 saturated heterocycles. The summed E-state index contributed by atoms with van der Waals surface area (Å²) in [5.74, 6) is 4.60. The fourth-order valence-corrected chi connectivity index (χ4v) is 3.97. The van der Waals surface area contributed by atoms with Crippen LogP contribution in [0.4, 0.5) is 0 Å². The summed E-state index contributed by atoms with van der Waals surface area (Å²) in [5.41, 5.74) is 6.69. The van der Waals surface area contributed by atoms with Crippen molar-refractivity contribution in [3.63, 3.8) is 0 Å². The molecule has 3 unspecified atom stereocenters. The van der Waals surface area contributed by atoms with Crippen LogP contribution in [0.25, 0.3) is 0 Å². The number of methoxy groups -OCH3 is 2. The number of nitrogens with two attached hydrogens (primary N) is 1. The minimum Gasteiger partial charge on any atom is -0.493 e. The predicted octanol–water partition coefficient (Wildman–Crippen LogP) is 2.98. The molecule has 116 valence electrons. The summed E-state index contributed by atoms with van der Waals surface area (Å²) in [4.78, 5) is 0. The molecular weight excluding hydrogens is 266 g/mol. The van der Waals surface area contributed by atoms with E-state index in [0.29, 0.717) is 29.7 Å². The lowest BCUT2D eigenvalue weighted by Crippen LogP contribution is -2.19. The Kier molecular flexibility index (Phi) is 4.24. The summed E-state index contributed by atoms with van der Waals surface area (Å²) >= 11 is 0. The van der Waals surface area contributed by atoms with Crippen LogP contribution in [0.15, 0.2) is 12.1 Å². The van der Waals surface area contributed by atoms with Crippen LogP contribution in [-0.4, -0.2) is 20.8 Å². The molecular formula is C17H25NO3. The molecule has 2 aliphatic carbocycles. The first kappa shape index (κ1) is 14.5. The summed E-state index contributed by atoms with van der Waals surface area (Å²) < 4.78 is 17.0. The lowest BCUT2D eigenvalue weighted by atomic mass is 9.89. The smallest absolute Gasteiger partial charge is 0.203 e. The van der Waals surface area contributed by atoms with E-state index in [1.807, 2.05) is 12.1 Å². The molecule has 0 radical (unpaired) electrons. The number of hydrogen-bond acceptors (Lipinski definition) is 4. The Morgan fingerprint density at radius 3 is 2.29 bits per heavy atom. The van der Waals surface area contributed by atoms with Crippen LogP contribution in [0.2, 0.25) is 0 Å². The number of benzene rings is 1. The van der Waals surface area contributed by atoms with Crippen molar-refractivity contribution in [1.82, 2.24) is 0 Å². The van der Waals surface area contributed by atoms with Crippen molar-refractivity contribution in [2.45, 2.75) is 32.2 Å². The van der Waals surface area contributed by atoms with Crippen LogP contribution in [0.5, 0.6) is 17.2 Å². The van der Waals surface area contributed by atoms with Crippen molar-refractivity contribution in [3.05, 3.63) is 17.7 Å². The Bertz CT molecular complexity index is 478. The Labute approximate surface area is 126 Å². The van der Waals surface area contributed by atoms with Crippen molar-refractivity contribution < 1.29 is 14.2 Å². The molecule has 1 aromatic rings. The Balaban J connectivity index is 1.74. The van der Waals surface area contributed by atoms with E-state index in [1.54, 1.807) is 14.2 Å². The lowest BCUT2D eigenvalue weighted by molar-refractivity contribution is 0.184. The Morgan fingerprint density at radius 2 is 1.81 bits per heavy atom. The first-order chi connectivity index (χ1) is 10.2. The van der Waals surface area contributed by atoms with Gasteiger partial charge >= 0.3 is 0 Å². The average molecular weight is 291 g/mol. The molecule has 2 aliphatic rings. The van der Waals surface area contributed by atoms with E-state index < -0.39 is 0 Å². The quantitative estimate of drug-likeness (QED) is 0.875. The van der Waals surface area contributed by atoms with Gasteiger partial charge in [-0.25, -0.2) is 0 Å². The van der Waals surface area contributed by atoms with Gasteiger partial charge in [0.25, 0.3) is 0 Å². The van der Waals surface area contributed by atoms with E-state index in [9.17, 15) is 0 Å². The molecule has 4 heteroatoms. The molecule has 2 fully saturated rings. The first-order valence-electron chi connectivity index (χ1n) is 7.83. The molecule has 21 heavy (non-hydrogen) atoms. The van der Waals surface area contributed by atoms with Gasteiger partial charge in [0, 0.05) is 6.54 Å². The molecule has 2 N–H and O–H groups in total. The lowest BCUT2D eigenvalue weighted by Gasteiger charge is -2.23. The van der Waals surface area contributed by atoms with E-state index in [-0.39, 0.29) is 0 Å². The van der Waals surface area contributed by atoms with Gasteiger partial charge in [-0.1, -0.05) is 6.42 Å². The molecule has 0 heterocycles. The highest BCUT2D eigenvalue weighted by atomic mass is 16.5. The molecule has 1 aromatic carbocycles. The van der Waals surface area contributed by atoms with Gasteiger partial charge in [-0.15, -0.1) is 0 Å². The Morgan fingerprint density at radius 1 is 1.10 bits per heavy atom. The third kappa shape index (κ3) is 2.82. The third-order valence-corrected chi connectivity index (χ3v) is 5.08. The number of rotatable bonds is 6. The summed E-state index contributed by atoms with van der Waals surface area (Å²) in [6.45, 7) is 1.22. The fourth-order valence-electron chi connectivity index (χ4n) is 3.97. The topological polar surface area (TPSA) is 53.7 Å². The van der Waals surface area contributed by atoms with Crippen LogP contribution >= 0.6 is 0 Å². The molecule has 0 aromatic heterocycles. The normalized spacial score (nSPS) is 26.9. The fraction of sp³-hybridized carbons (Fsp3) is 0.647. The monoisotopic (exact) mass is 291 g/mol. The van der Waals surface area contributed by atoms with Gasteiger partial charge in [0.2, 0.25) is 5.75 Å². The van der Waals surface area contributed by atoms with Crippen LogP contribution in [0.3, 0.4) is 0 Å². The molecule has 3 atom stereocenters. The minimum atomic E-state index is 0.458. The predicted molar refractivity (Wildman–Crippen MR) is 81.9 cm³/mol. The largest absolute Gasteiger partial charge is 0.493 e. The zero-order valence-electron chi connectivity index (χ0n) is 12.9. The summed E-state index contributed by atoms with van der Waals surface area (Å²) in [6, 6.07) is 3.86. The van der Waals surface area contributed by atoms with Gasteiger partial charge in [0.15, 0.2) is 11.5 Å². The van der Waals surface area contributed by atoms with E-state index in [0.717, 1.165) is 24.0 Å². The van der Waals surface area contributed by atoms with Gasteiger partial charge in [0.05, 0.1) is 20.8 Å². The zero-order chi connectivity index (χ0) is 14.8. The highest BCUT2D eigenvalue weighted by Crippen LogP contribution is 2.49. The highest BCUT2D eigenvalue weighted by Gasteiger charge is 2.39. The van der Waals surface area contributed by atoms with Crippen molar-refractivity contribution >= 4 is 0 Å². The van der Waals surface area contributed by atoms with Crippen molar-refractivity contribution in [2.75, 3.05) is 20.8 Å². The molecule has 3 rings (SSSR count). The van der Waals surface area contributed by atoms with Crippen molar-refractivity contribution in [3.8, 4) is 17.2 Å². The van der Waals surface area contributed by atoms with E-state index >= 15 is 0 Å². The van der Waals surface area contributed by atoms with Crippen molar-refractivity contribution in [2.24, 2.45) is 23.5 Å². The number of ether oxygens (including phenoxy) is 3. The molecule has 0 spiro atoms. The molecule has 2 bridgehead atoms. The molecule has 0 amide bonds. The molecule has 0 aliphatic heterocycles. The van der Waals surface area contributed by atoms with Crippen LogP contribution < -0.4 is 19.9 Å². The van der Waals surface area contributed by atoms with Crippen LogP contribution in [0.1, 0.15) is 31.2 Å². The highest BCUT2D eigenvalue weighted by molar-refractivity contribution is 5.53. The number of hydrogen-bond donors (Lipinski definition) is 1.